The van der Waals surface area contributed by atoms with Gasteiger partial charge in [-0.1, -0.05) is 22.0 Å². The van der Waals surface area contributed by atoms with Crippen molar-refractivity contribution in [2.24, 2.45) is 0 Å². The maximum atomic E-state index is 12.1. The molecule has 1 amide bonds. The van der Waals surface area contributed by atoms with E-state index in [-0.39, 0.29) is 5.91 Å². The molecule has 0 aliphatic rings. The molecule has 0 saturated carbocycles. The quantitative estimate of drug-likeness (QED) is 0.701. The van der Waals surface area contributed by atoms with Crippen molar-refractivity contribution in [2.75, 3.05) is 5.32 Å². The summed E-state index contributed by atoms with van der Waals surface area (Å²) in [6, 6.07) is 15.1. The minimum absolute atomic E-state index is 0.165. The van der Waals surface area contributed by atoms with Crippen LogP contribution >= 0.6 is 15.9 Å². The normalized spacial score (nSPS) is 10.2. The molecule has 24 heavy (non-hydrogen) atoms. The summed E-state index contributed by atoms with van der Waals surface area (Å²) >= 11 is 3.40. The van der Waals surface area contributed by atoms with Crippen LogP contribution in [0.5, 0.6) is 0 Å². The van der Waals surface area contributed by atoms with Crippen molar-refractivity contribution in [3.8, 4) is 0 Å². The lowest BCUT2D eigenvalue weighted by Crippen LogP contribution is -2.22. The molecule has 0 radical (unpaired) electrons. The summed E-state index contributed by atoms with van der Waals surface area (Å²) in [4.78, 5) is 20.4. The third-order valence-corrected chi connectivity index (χ3v) is 3.85. The van der Waals surface area contributed by atoms with Crippen LogP contribution in [0.1, 0.15) is 15.9 Å². The first kappa shape index (κ1) is 16.1. The molecule has 0 aliphatic carbocycles. The first-order valence-corrected chi connectivity index (χ1v) is 8.16. The monoisotopic (exact) mass is 382 g/mol. The van der Waals surface area contributed by atoms with E-state index >= 15 is 0 Å². The van der Waals surface area contributed by atoms with Crippen LogP contribution in [0, 0.1) is 0 Å². The van der Waals surface area contributed by atoms with Gasteiger partial charge >= 0.3 is 0 Å². The van der Waals surface area contributed by atoms with Crippen LogP contribution in [-0.2, 0) is 6.54 Å². The highest BCUT2D eigenvalue weighted by molar-refractivity contribution is 9.10. The van der Waals surface area contributed by atoms with E-state index in [9.17, 15) is 4.79 Å². The Kier molecular flexibility index (Phi) is 5.18. The second kappa shape index (κ2) is 7.70. The van der Waals surface area contributed by atoms with E-state index in [1.807, 2.05) is 36.4 Å². The van der Waals surface area contributed by atoms with Crippen LogP contribution in [0.4, 0.5) is 11.5 Å². The third kappa shape index (κ3) is 4.39. The molecule has 0 unspecified atom stereocenters. The molecule has 2 N–H and O–H groups in total. The summed E-state index contributed by atoms with van der Waals surface area (Å²) in [5.74, 6) is 0.516. The minimum atomic E-state index is -0.165. The van der Waals surface area contributed by atoms with Gasteiger partial charge in [0.15, 0.2) is 0 Å². The Morgan fingerprint density at radius 1 is 1.04 bits per heavy atom. The predicted molar refractivity (Wildman–Crippen MR) is 97.1 cm³/mol. The highest BCUT2D eigenvalue weighted by Crippen LogP contribution is 2.18. The number of amides is 1. The van der Waals surface area contributed by atoms with E-state index in [4.69, 9.17) is 0 Å². The van der Waals surface area contributed by atoms with Crippen molar-refractivity contribution in [3.05, 3.63) is 82.7 Å². The molecular formula is C18H15BrN4O. The van der Waals surface area contributed by atoms with E-state index in [2.05, 4.69) is 36.5 Å². The van der Waals surface area contributed by atoms with Gasteiger partial charge in [0.25, 0.3) is 5.91 Å². The molecular weight excluding hydrogens is 368 g/mol. The van der Waals surface area contributed by atoms with Crippen LogP contribution in [0.3, 0.4) is 0 Å². The number of hydrogen-bond acceptors (Lipinski definition) is 4. The summed E-state index contributed by atoms with van der Waals surface area (Å²) in [7, 11) is 0. The van der Waals surface area contributed by atoms with E-state index in [1.54, 1.807) is 30.7 Å². The molecule has 1 aromatic carbocycles. The number of anilines is 2. The first-order valence-electron chi connectivity index (χ1n) is 7.36. The highest BCUT2D eigenvalue weighted by atomic mass is 79.9. The number of hydrogen-bond donors (Lipinski definition) is 2. The van der Waals surface area contributed by atoms with Gasteiger partial charge in [-0.15, -0.1) is 0 Å². The van der Waals surface area contributed by atoms with Gasteiger partial charge < -0.3 is 10.6 Å². The number of pyridine rings is 2. The number of nitrogens with one attached hydrogen (secondary N) is 2. The maximum Gasteiger partial charge on any atom is 0.253 e. The van der Waals surface area contributed by atoms with Crippen LogP contribution in [0.25, 0.3) is 0 Å². The van der Waals surface area contributed by atoms with E-state index in [0.29, 0.717) is 17.9 Å². The molecule has 0 aliphatic heterocycles. The summed E-state index contributed by atoms with van der Waals surface area (Å²) < 4.78 is 1.02. The van der Waals surface area contributed by atoms with Crippen LogP contribution in [-0.4, -0.2) is 15.9 Å². The molecule has 3 rings (SSSR count). The van der Waals surface area contributed by atoms with Crippen LogP contribution < -0.4 is 10.6 Å². The largest absolute Gasteiger partial charge is 0.348 e. The molecule has 0 fully saturated rings. The van der Waals surface area contributed by atoms with Crippen molar-refractivity contribution in [2.45, 2.75) is 6.54 Å². The Balaban J connectivity index is 1.59. The van der Waals surface area contributed by atoms with Crippen LogP contribution in [0.15, 0.2) is 71.6 Å². The van der Waals surface area contributed by atoms with Crippen LogP contribution in [0.2, 0.25) is 0 Å². The molecule has 2 aromatic heterocycles. The van der Waals surface area contributed by atoms with E-state index in [0.717, 1.165) is 15.7 Å². The second-order valence-corrected chi connectivity index (χ2v) is 6.02. The van der Waals surface area contributed by atoms with Crippen molar-refractivity contribution in [1.29, 1.82) is 0 Å². The first-order chi connectivity index (χ1) is 11.7. The molecule has 120 valence electrons. The molecule has 6 heteroatoms. The average molecular weight is 383 g/mol. The Morgan fingerprint density at radius 2 is 1.88 bits per heavy atom. The lowest BCUT2D eigenvalue weighted by atomic mass is 10.2. The fourth-order valence-electron chi connectivity index (χ4n) is 2.07. The predicted octanol–water partition coefficient (Wildman–Crippen LogP) is 3.91. The standard InChI is InChI=1S/C18H15BrN4O/c19-15-4-6-16(7-5-15)23-17-8-3-14(12-21-17)18(24)22-11-13-2-1-9-20-10-13/h1-10,12H,11H2,(H,21,23)(H,22,24). The maximum absolute atomic E-state index is 12.1. The molecule has 0 atom stereocenters. The average Bonchev–Trinajstić information content (AvgIpc) is 2.63. The van der Waals surface area contributed by atoms with Crippen molar-refractivity contribution in [3.63, 3.8) is 0 Å². The van der Waals surface area contributed by atoms with Gasteiger partial charge in [0.05, 0.1) is 5.56 Å². The molecule has 0 saturated heterocycles. The second-order valence-electron chi connectivity index (χ2n) is 5.11. The molecule has 0 bridgehead atoms. The Morgan fingerprint density at radius 3 is 2.54 bits per heavy atom. The molecule has 0 spiro atoms. The number of nitrogens with zero attached hydrogens (tertiary/aromatic N) is 2. The Hall–Kier alpha value is -2.73. The van der Waals surface area contributed by atoms with Gasteiger partial charge in [0, 0.05) is 35.3 Å². The van der Waals surface area contributed by atoms with E-state index < -0.39 is 0 Å². The van der Waals surface area contributed by atoms with Crippen molar-refractivity contribution < 1.29 is 4.79 Å². The number of carbonyl (C=O) groups excluding carboxylic acids is 1. The highest BCUT2D eigenvalue weighted by Gasteiger charge is 2.06. The number of benzene rings is 1. The minimum Gasteiger partial charge on any atom is -0.348 e. The van der Waals surface area contributed by atoms with Gasteiger partial charge in [-0.3, -0.25) is 9.78 Å². The summed E-state index contributed by atoms with van der Waals surface area (Å²) in [6.07, 6.45) is 4.98. The van der Waals surface area contributed by atoms with E-state index in [1.165, 1.54) is 0 Å². The van der Waals surface area contributed by atoms with Gasteiger partial charge in [0.2, 0.25) is 0 Å². The number of aromatic nitrogens is 2. The Labute approximate surface area is 148 Å². The smallest absolute Gasteiger partial charge is 0.253 e. The van der Waals surface area contributed by atoms with Gasteiger partial charge in [-0.25, -0.2) is 4.98 Å². The Bertz CT molecular complexity index is 805. The fraction of sp³-hybridized carbons (Fsp3) is 0.0556. The molecule has 3 aromatic rings. The molecule has 2 heterocycles. The van der Waals surface area contributed by atoms with Gasteiger partial charge in [-0.05, 0) is 48.0 Å². The fourth-order valence-corrected chi connectivity index (χ4v) is 2.33. The lowest BCUT2D eigenvalue weighted by molar-refractivity contribution is 0.0950. The zero-order chi connectivity index (χ0) is 16.8. The number of carbonyl (C=O) groups is 1. The van der Waals surface area contributed by atoms with Gasteiger partial charge in [0.1, 0.15) is 5.82 Å². The SMILES string of the molecule is O=C(NCc1cccnc1)c1ccc(Nc2ccc(Br)cc2)nc1. The zero-order valence-electron chi connectivity index (χ0n) is 12.7. The molecule has 5 nitrogen and oxygen atoms in total. The van der Waals surface area contributed by atoms with Crippen molar-refractivity contribution >= 4 is 33.3 Å². The topological polar surface area (TPSA) is 66.9 Å². The number of rotatable bonds is 5. The zero-order valence-corrected chi connectivity index (χ0v) is 14.3. The summed E-state index contributed by atoms with van der Waals surface area (Å²) in [5.41, 5.74) is 2.40. The van der Waals surface area contributed by atoms with Gasteiger partial charge in [-0.2, -0.15) is 0 Å². The number of halogens is 1. The lowest BCUT2D eigenvalue weighted by Gasteiger charge is -2.07. The van der Waals surface area contributed by atoms with Crippen molar-refractivity contribution in [1.82, 2.24) is 15.3 Å². The third-order valence-electron chi connectivity index (χ3n) is 3.32. The summed E-state index contributed by atoms with van der Waals surface area (Å²) in [6.45, 7) is 0.436. The summed E-state index contributed by atoms with van der Waals surface area (Å²) in [5, 5.41) is 6.03.